The highest BCUT2D eigenvalue weighted by Crippen LogP contribution is 2.44. The maximum Gasteiger partial charge on any atom is 0.269 e. The SMILES string of the molecule is O=C1CCCC2=C1[C@H](c1cccc([N+](=O)[O-])c1)CC(=O)N2c1ccc(F)cc1F. The van der Waals surface area contributed by atoms with Crippen LogP contribution in [0.5, 0.6) is 0 Å². The zero-order chi connectivity index (χ0) is 20.7. The number of non-ortho nitro benzene ring substituents is 1. The number of amides is 1. The topological polar surface area (TPSA) is 80.5 Å². The van der Waals surface area contributed by atoms with Gasteiger partial charge in [0.15, 0.2) is 5.78 Å². The molecule has 0 saturated carbocycles. The maximum atomic E-state index is 14.4. The normalized spacial score (nSPS) is 19.4. The van der Waals surface area contributed by atoms with Crippen LogP contribution in [0, 0.1) is 21.7 Å². The van der Waals surface area contributed by atoms with Gasteiger partial charge in [-0.1, -0.05) is 12.1 Å². The molecular weight excluding hydrogens is 382 g/mol. The first-order chi connectivity index (χ1) is 13.9. The quantitative estimate of drug-likeness (QED) is 0.567. The first-order valence-electron chi connectivity index (χ1n) is 9.15. The van der Waals surface area contributed by atoms with Crippen molar-refractivity contribution in [2.75, 3.05) is 4.90 Å². The zero-order valence-electron chi connectivity index (χ0n) is 15.2. The van der Waals surface area contributed by atoms with Crippen LogP contribution in [-0.2, 0) is 9.59 Å². The number of anilines is 1. The minimum atomic E-state index is -0.892. The van der Waals surface area contributed by atoms with Gasteiger partial charge in [-0.2, -0.15) is 0 Å². The van der Waals surface area contributed by atoms with E-state index >= 15 is 0 Å². The van der Waals surface area contributed by atoms with Crippen molar-refractivity contribution in [3.63, 3.8) is 0 Å². The van der Waals surface area contributed by atoms with Crippen LogP contribution < -0.4 is 4.90 Å². The van der Waals surface area contributed by atoms with Crippen molar-refractivity contribution >= 4 is 23.1 Å². The number of carbonyl (C=O) groups is 2. The van der Waals surface area contributed by atoms with Crippen LogP contribution in [-0.4, -0.2) is 16.6 Å². The van der Waals surface area contributed by atoms with Gasteiger partial charge in [0, 0.05) is 48.2 Å². The standard InChI is InChI=1S/C21H16F2N2O4/c22-13-7-8-17(16(23)10-13)24-18-5-2-6-19(26)21(18)15(11-20(24)27)12-3-1-4-14(9-12)25(28)29/h1,3-4,7-10,15H,2,5-6,11H2/t15-/m0/s1. The van der Waals surface area contributed by atoms with Crippen LogP contribution in [0.25, 0.3) is 0 Å². The third kappa shape index (κ3) is 3.30. The Morgan fingerprint density at radius 2 is 1.86 bits per heavy atom. The Kier molecular flexibility index (Phi) is 4.70. The smallest absolute Gasteiger partial charge is 0.269 e. The lowest BCUT2D eigenvalue weighted by Gasteiger charge is -2.38. The number of halogens is 2. The van der Waals surface area contributed by atoms with Gasteiger partial charge in [0.2, 0.25) is 5.91 Å². The van der Waals surface area contributed by atoms with E-state index in [2.05, 4.69) is 0 Å². The number of rotatable bonds is 3. The number of hydrogen-bond donors (Lipinski definition) is 0. The van der Waals surface area contributed by atoms with Crippen molar-refractivity contribution in [1.82, 2.24) is 0 Å². The van der Waals surface area contributed by atoms with Crippen molar-refractivity contribution in [3.8, 4) is 0 Å². The van der Waals surface area contributed by atoms with Crippen LogP contribution in [0.2, 0.25) is 0 Å². The molecule has 1 atom stereocenters. The summed E-state index contributed by atoms with van der Waals surface area (Å²) in [6.07, 6.45) is 1.04. The fourth-order valence-electron chi connectivity index (χ4n) is 4.07. The summed E-state index contributed by atoms with van der Waals surface area (Å²) < 4.78 is 27.7. The molecule has 0 N–H and O–H groups in total. The lowest BCUT2D eigenvalue weighted by molar-refractivity contribution is -0.384. The second kappa shape index (κ2) is 7.20. The second-order valence-electron chi connectivity index (χ2n) is 7.07. The largest absolute Gasteiger partial charge is 0.294 e. The highest BCUT2D eigenvalue weighted by Gasteiger charge is 2.40. The van der Waals surface area contributed by atoms with E-state index in [0.717, 1.165) is 11.0 Å². The predicted octanol–water partition coefficient (Wildman–Crippen LogP) is 4.40. The number of ketones is 1. The molecule has 2 aliphatic rings. The number of nitro benzene ring substituents is 1. The van der Waals surface area contributed by atoms with Gasteiger partial charge >= 0.3 is 0 Å². The van der Waals surface area contributed by atoms with Gasteiger partial charge < -0.3 is 0 Å². The number of nitro groups is 1. The van der Waals surface area contributed by atoms with Crippen molar-refractivity contribution in [2.24, 2.45) is 0 Å². The van der Waals surface area contributed by atoms with Gasteiger partial charge in [-0.05, 0) is 30.5 Å². The van der Waals surface area contributed by atoms with Gasteiger partial charge in [0.05, 0.1) is 10.6 Å². The zero-order valence-corrected chi connectivity index (χ0v) is 15.2. The number of Topliss-reactive ketones (excluding diaryl/α,β-unsaturated/α-hetero) is 1. The van der Waals surface area contributed by atoms with Crippen molar-refractivity contribution in [1.29, 1.82) is 0 Å². The van der Waals surface area contributed by atoms with E-state index in [4.69, 9.17) is 0 Å². The molecule has 148 valence electrons. The minimum absolute atomic E-state index is 0.101. The van der Waals surface area contributed by atoms with Crippen molar-refractivity contribution in [3.05, 3.63) is 81.0 Å². The van der Waals surface area contributed by atoms with E-state index in [9.17, 15) is 28.5 Å². The van der Waals surface area contributed by atoms with Gasteiger partial charge in [-0.25, -0.2) is 8.78 Å². The Hall–Kier alpha value is -3.42. The first-order valence-corrected chi connectivity index (χ1v) is 9.15. The molecule has 1 heterocycles. The lowest BCUT2D eigenvalue weighted by atomic mass is 9.77. The fraction of sp³-hybridized carbons (Fsp3) is 0.238. The second-order valence-corrected chi connectivity index (χ2v) is 7.07. The Morgan fingerprint density at radius 3 is 2.59 bits per heavy atom. The van der Waals surface area contributed by atoms with Crippen LogP contribution in [0.3, 0.4) is 0 Å². The lowest BCUT2D eigenvalue weighted by Crippen LogP contribution is -2.41. The molecule has 1 aliphatic carbocycles. The number of benzene rings is 2. The summed E-state index contributed by atoms with van der Waals surface area (Å²) in [5.74, 6) is -2.90. The van der Waals surface area contributed by atoms with Gasteiger partial charge in [-0.3, -0.25) is 24.6 Å². The molecule has 0 spiro atoms. The third-order valence-corrected chi connectivity index (χ3v) is 5.31. The van der Waals surface area contributed by atoms with Gasteiger partial charge in [0.25, 0.3) is 5.69 Å². The van der Waals surface area contributed by atoms with E-state index in [1.807, 2.05) is 0 Å². The molecule has 0 unspecified atom stereocenters. The Morgan fingerprint density at radius 1 is 1.07 bits per heavy atom. The van der Waals surface area contributed by atoms with Crippen molar-refractivity contribution < 1.29 is 23.3 Å². The van der Waals surface area contributed by atoms with Crippen LogP contribution in [0.4, 0.5) is 20.2 Å². The summed E-state index contributed by atoms with van der Waals surface area (Å²) in [5, 5.41) is 11.1. The molecule has 1 aliphatic heterocycles. The van der Waals surface area contributed by atoms with E-state index in [0.29, 0.717) is 35.7 Å². The van der Waals surface area contributed by atoms with Crippen LogP contribution >= 0.6 is 0 Å². The third-order valence-electron chi connectivity index (χ3n) is 5.31. The molecule has 2 aromatic carbocycles. The first kappa shape index (κ1) is 18.9. The molecule has 8 heteroatoms. The van der Waals surface area contributed by atoms with Crippen LogP contribution in [0.15, 0.2) is 53.7 Å². The molecule has 6 nitrogen and oxygen atoms in total. The molecule has 0 radical (unpaired) electrons. The summed E-state index contributed by atoms with van der Waals surface area (Å²) in [6.45, 7) is 0. The van der Waals surface area contributed by atoms with Crippen LogP contribution in [0.1, 0.15) is 37.2 Å². The Bertz CT molecular complexity index is 1080. The van der Waals surface area contributed by atoms with E-state index < -0.39 is 28.4 Å². The average Bonchev–Trinajstić information content (AvgIpc) is 2.68. The molecule has 4 rings (SSSR count). The van der Waals surface area contributed by atoms with Crippen molar-refractivity contribution in [2.45, 2.75) is 31.6 Å². The summed E-state index contributed by atoms with van der Waals surface area (Å²) in [4.78, 5) is 37.5. The molecule has 0 fully saturated rings. The minimum Gasteiger partial charge on any atom is -0.294 e. The van der Waals surface area contributed by atoms with Gasteiger partial charge in [-0.15, -0.1) is 0 Å². The monoisotopic (exact) mass is 398 g/mol. The average molecular weight is 398 g/mol. The molecule has 0 saturated heterocycles. The Balaban J connectivity index is 1.87. The Labute approximate surface area is 164 Å². The highest BCUT2D eigenvalue weighted by molar-refractivity contribution is 6.07. The summed E-state index contributed by atoms with van der Waals surface area (Å²) in [5.41, 5.74) is 1.03. The number of allylic oxidation sites excluding steroid dienone is 2. The maximum absolute atomic E-state index is 14.4. The highest BCUT2D eigenvalue weighted by atomic mass is 19.1. The molecule has 2 aromatic rings. The number of nitrogens with zero attached hydrogens (tertiary/aromatic N) is 2. The predicted molar refractivity (Wildman–Crippen MR) is 100 cm³/mol. The molecule has 29 heavy (non-hydrogen) atoms. The summed E-state index contributed by atoms with van der Waals surface area (Å²) >= 11 is 0. The van der Waals surface area contributed by atoms with E-state index in [-0.39, 0.29) is 30.0 Å². The molecule has 1 amide bonds. The van der Waals surface area contributed by atoms with Gasteiger partial charge in [0.1, 0.15) is 11.6 Å². The summed E-state index contributed by atoms with van der Waals surface area (Å²) in [6, 6.07) is 8.79. The summed E-state index contributed by atoms with van der Waals surface area (Å²) in [7, 11) is 0. The number of hydrogen-bond acceptors (Lipinski definition) is 4. The fourth-order valence-corrected chi connectivity index (χ4v) is 4.07. The molecule has 0 bridgehead atoms. The van der Waals surface area contributed by atoms with E-state index in [1.165, 1.54) is 24.3 Å². The van der Waals surface area contributed by atoms with E-state index in [1.54, 1.807) is 6.07 Å². The molecular formula is C21H16F2N2O4. The number of carbonyl (C=O) groups excluding carboxylic acids is 2. The molecule has 0 aromatic heterocycles.